The molecule has 0 saturated carbocycles. The van der Waals surface area contributed by atoms with E-state index in [4.69, 9.17) is 0 Å². The molecule has 0 radical (unpaired) electrons. The number of hydrogen-bond acceptors (Lipinski definition) is 0. The van der Waals surface area contributed by atoms with Crippen LogP contribution in [-0.2, 0) is 41.5 Å². The molecule has 2 aliphatic carbocycles. The molecule has 0 spiro atoms. The van der Waals surface area contributed by atoms with Gasteiger partial charge in [0.2, 0.25) is 0 Å². The average Bonchev–Trinajstić information content (AvgIpc) is 3.45. The first kappa shape index (κ1) is 43.9. The molecule has 0 aliphatic heterocycles. The van der Waals surface area contributed by atoms with Crippen molar-refractivity contribution in [3.05, 3.63) is 151 Å². The fourth-order valence-electron chi connectivity index (χ4n) is 6.79. The van der Waals surface area contributed by atoms with Crippen molar-refractivity contribution in [2.45, 2.75) is 114 Å². The molecule has 0 aromatic heterocycles. The van der Waals surface area contributed by atoms with E-state index >= 15 is 0 Å². The topological polar surface area (TPSA) is 0 Å². The minimum Gasteiger partial charge on any atom is -1.00 e. The van der Waals surface area contributed by atoms with Crippen LogP contribution >= 0.6 is 0 Å². The quantitative estimate of drug-likeness (QED) is 0.182. The standard InChI is InChI=1S/C23H29.C15H14.C9H13.2ClH.Zr/c1-14-9-16-11-17-10-15(2)21(23(6,7)8)13-19(17)18(16)12-20(14)22(3,4)5;1-12-3-7-14(8-4-12)11-15-9-5-13(2)6-10-15;1-6-5-7(2)9(4)8(6)3;;;/h9,12-13H,11H2,1-8H3;3-10H,1-2H3;6H,1-4H3;2*1H;/q-1;;-1;;;+2/p-2. The molecule has 1 unspecified atom stereocenters. The first-order valence-electron chi connectivity index (χ1n) is 17.5. The van der Waals surface area contributed by atoms with Gasteiger partial charge in [-0.1, -0.05) is 98.3 Å². The summed E-state index contributed by atoms with van der Waals surface area (Å²) in [6.45, 7) is 31.2. The summed E-state index contributed by atoms with van der Waals surface area (Å²) in [4.78, 5) is 0. The maximum absolute atomic E-state index is 3.69. The predicted octanol–water partition coefficient (Wildman–Crippen LogP) is 6.42. The van der Waals surface area contributed by atoms with Crippen molar-refractivity contribution in [3.8, 4) is 11.1 Å². The molecule has 264 valence electrons. The van der Waals surface area contributed by atoms with Crippen molar-refractivity contribution >= 4 is 3.21 Å². The van der Waals surface area contributed by atoms with Crippen LogP contribution in [0.3, 0.4) is 0 Å². The molecule has 0 fully saturated rings. The minimum absolute atomic E-state index is 0. The van der Waals surface area contributed by atoms with Gasteiger partial charge in [-0.3, -0.25) is 6.08 Å². The number of rotatable bonds is 2. The van der Waals surface area contributed by atoms with Gasteiger partial charge in [-0.25, -0.2) is 5.57 Å². The second kappa shape index (κ2) is 17.5. The summed E-state index contributed by atoms with van der Waals surface area (Å²) in [6, 6.07) is 28.5. The van der Waals surface area contributed by atoms with Crippen LogP contribution in [0.25, 0.3) is 11.1 Å². The summed E-state index contributed by atoms with van der Waals surface area (Å²) < 4.78 is 1.42. The Bertz CT molecular complexity index is 1760. The Labute approximate surface area is 332 Å². The van der Waals surface area contributed by atoms with E-state index in [0.717, 1.165) is 6.42 Å². The van der Waals surface area contributed by atoms with Crippen molar-refractivity contribution < 1.29 is 49.0 Å². The van der Waals surface area contributed by atoms with Crippen molar-refractivity contribution in [1.29, 1.82) is 0 Å². The molecule has 50 heavy (non-hydrogen) atoms. The normalized spacial score (nSPS) is 14.6. The molecule has 0 amide bonds. The zero-order valence-corrected chi connectivity index (χ0v) is 36.9. The van der Waals surface area contributed by atoms with E-state index in [9.17, 15) is 0 Å². The van der Waals surface area contributed by atoms with Crippen molar-refractivity contribution in [1.82, 2.24) is 0 Å². The van der Waals surface area contributed by atoms with E-state index in [1.165, 1.54) is 111 Å². The zero-order valence-electron chi connectivity index (χ0n) is 32.9. The molecule has 2 aliphatic rings. The first-order chi connectivity index (χ1) is 22.3. The van der Waals surface area contributed by atoms with Gasteiger partial charge >= 0.3 is 112 Å². The van der Waals surface area contributed by atoms with Gasteiger partial charge in [0.05, 0.1) is 0 Å². The molecule has 0 N–H and O–H groups in total. The summed E-state index contributed by atoms with van der Waals surface area (Å²) >= 11 is 1.46. The first-order valence-corrected chi connectivity index (χ1v) is 18.7. The van der Waals surface area contributed by atoms with Crippen LogP contribution in [0.1, 0.15) is 125 Å². The monoisotopic (exact) mass is 780 g/mol. The Morgan fingerprint density at radius 3 is 1.50 bits per heavy atom. The van der Waals surface area contributed by atoms with Crippen molar-refractivity contribution in [2.75, 3.05) is 0 Å². The molecule has 1 atom stereocenters. The third-order valence-corrected chi connectivity index (χ3v) is 11.4. The van der Waals surface area contributed by atoms with Gasteiger partial charge in [-0.15, -0.1) is 23.6 Å². The fraction of sp³-hybridized carbons (Fsp3) is 0.383. The molecule has 4 aromatic carbocycles. The van der Waals surface area contributed by atoms with Crippen LogP contribution in [0.2, 0.25) is 0 Å². The van der Waals surface area contributed by atoms with Crippen LogP contribution in [0.4, 0.5) is 0 Å². The number of allylic oxidation sites excluding steroid dienone is 4. The Hall–Kier alpha value is -2.31. The van der Waals surface area contributed by atoms with Crippen LogP contribution < -0.4 is 24.8 Å². The Balaban J connectivity index is 0.000000280. The number of aryl methyl sites for hydroxylation is 4. The maximum atomic E-state index is 3.69. The van der Waals surface area contributed by atoms with E-state index in [0.29, 0.717) is 5.92 Å². The van der Waals surface area contributed by atoms with E-state index in [1.54, 1.807) is 0 Å². The average molecular weight is 783 g/mol. The number of halogens is 2. The molecule has 0 bridgehead atoms. The molecule has 0 nitrogen and oxygen atoms in total. The Kier molecular flexibility index (Phi) is 15.3. The van der Waals surface area contributed by atoms with Crippen molar-refractivity contribution in [2.24, 2.45) is 5.92 Å². The molecule has 0 saturated heterocycles. The van der Waals surface area contributed by atoms with Crippen LogP contribution in [0, 0.1) is 45.8 Å². The van der Waals surface area contributed by atoms with Crippen LogP contribution in [0.5, 0.6) is 0 Å². The maximum Gasteiger partial charge on any atom is -1.00 e. The third kappa shape index (κ3) is 10.4. The van der Waals surface area contributed by atoms with Gasteiger partial charge in [0.1, 0.15) is 0 Å². The molecule has 4 aromatic rings. The number of fused-ring (bicyclic) bond motifs is 3. The smallest absolute Gasteiger partial charge is 1.00 e. The van der Waals surface area contributed by atoms with Gasteiger partial charge in [0.25, 0.3) is 0 Å². The van der Waals surface area contributed by atoms with Gasteiger partial charge in [-0.05, 0) is 35.4 Å². The van der Waals surface area contributed by atoms with Gasteiger partial charge in [0, 0.05) is 0 Å². The Morgan fingerprint density at radius 2 is 1.12 bits per heavy atom. The predicted molar refractivity (Wildman–Crippen MR) is 206 cm³/mol. The van der Waals surface area contributed by atoms with Crippen LogP contribution in [-0.4, -0.2) is 3.21 Å². The van der Waals surface area contributed by atoms with Gasteiger partial charge in [-0.2, -0.15) is 28.8 Å². The van der Waals surface area contributed by atoms with Gasteiger partial charge < -0.3 is 24.8 Å². The largest absolute Gasteiger partial charge is 1.00 e. The summed E-state index contributed by atoms with van der Waals surface area (Å²) in [6.07, 6.45) is 4.39. The summed E-state index contributed by atoms with van der Waals surface area (Å²) in [5.41, 5.74) is 21.2. The Morgan fingerprint density at radius 1 is 0.660 bits per heavy atom. The molecule has 3 heteroatoms. The SMILES string of the molecule is CC1=[C-]C(C)C(C)=C1C.Cc1[c-]c2c(cc1C(C)(C)C)-c1cc(C(C)(C)C)c(C)cc1C2.Cc1ccc([C](=[Zr+2])c2ccc(C)cc2)cc1.[Cl-].[Cl-]. The van der Waals surface area contributed by atoms with Gasteiger partial charge in [0.15, 0.2) is 0 Å². The molecule has 6 rings (SSSR count). The molecular formula is C47H56Cl2Zr-2. The second-order valence-corrected chi connectivity index (χ2v) is 17.3. The minimum atomic E-state index is 0. The van der Waals surface area contributed by atoms with E-state index in [1.807, 2.05) is 0 Å². The fourth-order valence-corrected chi connectivity index (χ4v) is 7.61. The van der Waals surface area contributed by atoms with E-state index in [2.05, 4.69) is 176 Å². The van der Waals surface area contributed by atoms with Crippen molar-refractivity contribution in [3.63, 3.8) is 0 Å². The zero-order chi connectivity index (χ0) is 35.7. The van der Waals surface area contributed by atoms with Crippen LogP contribution in [0.15, 0.2) is 83.4 Å². The molecular weight excluding hydrogens is 727 g/mol. The summed E-state index contributed by atoms with van der Waals surface area (Å²) in [5, 5.41) is 0. The second-order valence-electron chi connectivity index (χ2n) is 16.1. The van der Waals surface area contributed by atoms with E-state index in [-0.39, 0.29) is 35.6 Å². The summed E-state index contributed by atoms with van der Waals surface area (Å²) in [5.74, 6) is 0.560. The van der Waals surface area contributed by atoms with E-state index < -0.39 is 0 Å². The molecule has 0 heterocycles. The number of hydrogen-bond donors (Lipinski definition) is 0. The number of benzene rings is 4. The summed E-state index contributed by atoms with van der Waals surface area (Å²) in [7, 11) is 0. The third-order valence-electron chi connectivity index (χ3n) is 10.00.